The SMILES string of the molecule is COC(=O)c1cccnc1N1CCCCC1CN. The van der Waals surface area contributed by atoms with Gasteiger partial charge in [0.2, 0.25) is 0 Å². The summed E-state index contributed by atoms with van der Waals surface area (Å²) in [7, 11) is 1.38. The molecule has 1 aromatic rings. The molecule has 18 heavy (non-hydrogen) atoms. The zero-order valence-electron chi connectivity index (χ0n) is 10.6. The number of methoxy groups -OCH3 is 1. The van der Waals surface area contributed by atoms with E-state index in [1.165, 1.54) is 13.5 Å². The van der Waals surface area contributed by atoms with Gasteiger partial charge < -0.3 is 15.4 Å². The van der Waals surface area contributed by atoms with Crippen LogP contribution in [-0.4, -0.2) is 37.2 Å². The average molecular weight is 249 g/mol. The van der Waals surface area contributed by atoms with E-state index in [4.69, 9.17) is 10.5 Å². The molecule has 1 aliphatic heterocycles. The second kappa shape index (κ2) is 5.82. The number of esters is 1. The lowest BCUT2D eigenvalue weighted by atomic mass is 10.0. The first kappa shape index (κ1) is 12.8. The Bertz CT molecular complexity index is 422. The van der Waals surface area contributed by atoms with Crippen molar-refractivity contribution < 1.29 is 9.53 Å². The third kappa shape index (κ3) is 2.46. The molecule has 5 nitrogen and oxygen atoms in total. The van der Waals surface area contributed by atoms with E-state index in [0.29, 0.717) is 17.9 Å². The van der Waals surface area contributed by atoms with Gasteiger partial charge in [0.25, 0.3) is 0 Å². The number of nitrogens with two attached hydrogens (primary N) is 1. The van der Waals surface area contributed by atoms with Crippen LogP contribution in [0.4, 0.5) is 5.82 Å². The first-order valence-electron chi connectivity index (χ1n) is 6.28. The zero-order valence-corrected chi connectivity index (χ0v) is 10.6. The summed E-state index contributed by atoms with van der Waals surface area (Å²) in [5.74, 6) is 0.346. The molecule has 5 heteroatoms. The van der Waals surface area contributed by atoms with Gasteiger partial charge in [-0.3, -0.25) is 0 Å². The van der Waals surface area contributed by atoms with E-state index in [-0.39, 0.29) is 12.0 Å². The molecule has 0 radical (unpaired) electrons. The van der Waals surface area contributed by atoms with Crippen LogP contribution in [0.1, 0.15) is 29.6 Å². The van der Waals surface area contributed by atoms with Gasteiger partial charge in [0.05, 0.1) is 7.11 Å². The Morgan fingerprint density at radius 1 is 1.61 bits per heavy atom. The highest BCUT2D eigenvalue weighted by atomic mass is 16.5. The number of piperidine rings is 1. The largest absolute Gasteiger partial charge is 0.465 e. The highest BCUT2D eigenvalue weighted by molar-refractivity contribution is 5.94. The first-order chi connectivity index (χ1) is 8.77. The summed E-state index contributed by atoms with van der Waals surface area (Å²) >= 11 is 0. The molecule has 0 saturated carbocycles. The van der Waals surface area contributed by atoms with E-state index in [1.54, 1.807) is 18.3 Å². The van der Waals surface area contributed by atoms with Crippen molar-refractivity contribution in [3.63, 3.8) is 0 Å². The predicted octanol–water partition coefficient (Wildman–Crippen LogP) is 1.19. The second-order valence-electron chi connectivity index (χ2n) is 4.44. The van der Waals surface area contributed by atoms with Gasteiger partial charge in [-0.05, 0) is 31.4 Å². The number of hydrogen-bond acceptors (Lipinski definition) is 5. The predicted molar refractivity (Wildman–Crippen MR) is 69.6 cm³/mol. The van der Waals surface area contributed by atoms with Crippen molar-refractivity contribution in [2.24, 2.45) is 5.73 Å². The molecule has 1 atom stereocenters. The lowest BCUT2D eigenvalue weighted by molar-refractivity contribution is 0.0601. The third-order valence-electron chi connectivity index (χ3n) is 3.36. The molecular formula is C13H19N3O2. The normalized spacial score (nSPS) is 19.7. The summed E-state index contributed by atoms with van der Waals surface area (Å²) in [4.78, 5) is 18.2. The Hall–Kier alpha value is -1.62. The highest BCUT2D eigenvalue weighted by Gasteiger charge is 2.26. The molecule has 0 aliphatic carbocycles. The van der Waals surface area contributed by atoms with Crippen LogP contribution in [0, 0.1) is 0 Å². The number of aromatic nitrogens is 1. The summed E-state index contributed by atoms with van der Waals surface area (Å²) in [5.41, 5.74) is 6.32. The molecule has 1 saturated heterocycles. The van der Waals surface area contributed by atoms with Crippen LogP contribution in [0.3, 0.4) is 0 Å². The molecule has 1 unspecified atom stereocenters. The number of nitrogens with zero attached hydrogens (tertiary/aromatic N) is 2. The van der Waals surface area contributed by atoms with Crippen LogP contribution < -0.4 is 10.6 Å². The van der Waals surface area contributed by atoms with Crippen LogP contribution in [-0.2, 0) is 4.74 Å². The molecular weight excluding hydrogens is 230 g/mol. The van der Waals surface area contributed by atoms with Crippen molar-refractivity contribution >= 4 is 11.8 Å². The van der Waals surface area contributed by atoms with Gasteiger partial charge in [0.15, 0.2) is 0 Å². The summed E-state index contributed by atoms with van der Waals surface area (Å²) in [6, 6.07) is 3.75. The monoisotopic (exact) mass is 249 g/mol. The fraction of sp³-hybridized carbons (Fsp3) is 0.538. The quantitative estimate of drug-likeness (QED) is 0.815. The van der Waals surface area contributed by atoms with E-state index in [9.17, 15) is 4.79 Å². The number of pyridine rings is 1. The van der Waals surface area contributed by atoms with Crippen molar-refractivity contribution in [1.82, 2.24) is 4.98 Å². The van der Waals surface area contributed by atoms with E-state index in [2.05, 4.69) is 9.88 Å². The molecule has 2 rings (SSSR count). The summed E-state index contributed by atoms with van der Waals surface area (Å²) in [5, 5.41) is 0. The maximum absolute atomic E-state index is 11.8. The molecule has 2 N–H and O–H groups in total. The number of rotatable bonds is 3. The summed E-state index contributed by atoms with van der Waals surface area (Å²) < 4.78 is 4.80. The molecule has 0 bridgehead atoms. The Morgan fingerprint density at radius 2 is 2.44 bits per heavy atom. The van der Waals surface area contributed by atoms with Gasteiger partial charge in [0, 0.05) is 25.3 Å². The van der Waals surface area contributed by atoms with Gasteiger partial charge >= 0.3 is 5.97 Å². The third-order valence-corrected chi connectivity index (χ3v) is 3.36. The van der Waals surface area contributed by atoms with Crippen molar-refractivity contribution in [2.75, 3.05) is 25.1 Å². The Kier molecular flexibility index (Phi) is 4.15. The van der Waals surface area contributed by atoms with Crippen molar-refractivity contribution in [2.45, 2.75) is 25.3 Å². The molecule has 0 aromatic carbocycles. The van der Waals surface area contributed by atoms with Crippen LogP contribution >= 0.6 is 0 Å². The minimum atomic E-state index is -0.348. The van der Waals surface area contributed by atoms with Crippen molar-refractivity contribution in [1.29, 1.82) is 0 Å². The van der Waals surface area contributed by atoms with Crippen LogP contribution in [0.15, 0.2) is 18.3 Å². The molecule has 1 fully saturated rings. The number of ether oxygens (including phenoxy) is 1. The highest BCUT2D eigenvalue weighted by Crippen LogP contribution is 2.25. The Balaban J connectivity index is 2.33. The van der Waals surface area contributed by atoms with Crippen LogP contribution in [0.5, 0.6) is 0 Å². The summed E-state index contributed by atoms with van der Waals surface area (Å²) in [6.07, 6.45) is 5.03. The standard InChI is InChI=1S/C13H19N3O2/c1-18-13(17)11-6-4-7-15-12(11)16-8-3-2-5-10(16)9-14/h4,6-7,10H,2-3,5,8-9,14H2,1H3. The zero-order chi connectivity index (χ0) is 13.0. The number of carbonyl (C=O) groups excluding carboxylic acids is 1. The van der Waals surface area contributed by atoms with Gasteiger partial charge in [0.1, 0.15) is 11.4 Å². The van der Waals surface area contributed by atoms with Crippen molar-refractivity contribution in [3.8, 4) is 0 Å². The van der Waals surface area contributed by atoms with Gasteiger partial charge in [-0.2, -0.15) is 0 Å². The first-order valence-corrected chi connectivity index (χ1v) is 6.28. The van der Waals surface area contributed by atoms with Crippen LogP contribution in [0.2, 0.25) is 0 Å². The lowest BCUT2D eigenvalue weighted by Gasteiger charge is -2.36. The van der Waals surface area contributed by atoms with E-state index < -0.39 is 0 Å². The van der Waals surface area contributed by atoms with Crippen LogP contribution in [0.25, 0.3) is 0 Å². The topological polar surface area (TPSA) is 68.5 Å². The maximum atomic E-state index is 11.8. The van der Waals surface area contributed by atoms with Crippen molar-refractivity contribution in [3.05, 3.63) is 23.9 Å². The Morgan fingerprint density at radius 3 is 3.17 bits per heavy atom. The smallest absolute Gasteiger partial charge is 0.341 e. The molecule has 0 spiro atoms. The molecule has 98 valence electrons. The second-order valence-corrected chi connectivity index (χ2v) is 4.44. The summed E-state index contributed by atoms with van der Waals surface area (Å²) in [6.45, 7) is 1.47. The average Bonchev–Trinajstić information content (AvgIpc) is 2.46. The Labute approximate surface area is 107 Å². The minimum Gasteiger partial charge on any atom is -0.465 e. The fourth-order valence-corrected chi connectivity index (χ4v) is 2.42. The number of anilines is 1. The fourth-order valence-electron chi connectivity index (χ4n) is 2.42. The van der Waals surface area contributed by atoms with Gasteiger partial charge in [-0.15, -0.1) is 0 Å². The van der Waals surface area contributed by atoms with E-state index in [0.717, 1.165) is 19.4 Å². The number of hydrogen-bond donors (Lipinski definition) is 1. The van der Waals surface area contributed by atoms with E-state index in [1.807, 2.05) is 0 Å². The maximum Gasteiger partial charge on any atom is 0.341 e. The molecule has 1 aliphatic rings. The molecule has 2 heterocycles. The van der Waals surface area contributed by atoms with E-state index >= 15 is 0 Å². The molecule has 0 amide bonds. The minimum absolute atomic E-state index is 0.261. The van der Waals surface area contributed by atoms with Gasteiger partial charge in [-0.25, -0.2) is 9.78 Å². The van der Waals surface area contributed by atoms with Gasteiger partial charge in [-0.1, -0.05) is 0 Å². The lowest BCUT2D eigenvalue weighted by Crippen LogP contribution is -2.45. The molecule has 1 aromatic heterocycles. The number of carbonyl (C=O) groups is 1.